The average Bonchev–Trinajstić information content (AvgIpc) is 2.88. The summed E-state index contributed by atoms with van der Waals surface area (Å²) >= 11 is 5.49. The Balaban J connectivity index is 1.75. The number of hydrogen-bond acceptors (Lipinski definition) is 4. The van der Waals surface area contributed by atoms with Crippen molar-refractivity contribution >= 4 is 27.7 Å². The highest BCUT2D eigenvalue weighted by Crippen LogP contribution is 2.34. The number of ether oxygens (including phenoxy) is 2. The highest BCUT2D eigenvalue weighted by molar-refractivity contribution is 9.10. The molecule has 0 radical (unpaired) electrons. The Bertz CT molecular complexity index is 463. The van der Waals surface area contributed by atoms with Gasteiger partial charge in [0, 0.05) is 28.4 Å². The van der Waals surface area contributed by atoms with E-state index >= 15 is 0 Å². The lowest BCUT2D eigenvalue weighted by Crippen LogP contribution is -2.42. The van der Waals surface area contributed by atoms with E-state index in [0.717, 1.165) is 47.8 Å². The lowest BCUT2D eigenvalue weighted by molar-refractivity contribution is 0.0570. The van der Waals surface area contributed by atoms with Gasteiger partial charge < -0.3 is 15.2 Å². The van der Waals surface area contributed by atoms with Crippen molar-refractivity contribution < 1.29 is 9.47 Å². The molecule has 0 spiro atoms. The molecule has 2 heterocycles. The van der Waals surface area contributed by atoms with Crippen LogP contribution in [0.25, 0.3) is 0 Å². The summed E-state index contributed by atoms with van der Waals surface area (Å²) in [7, 11) is 0. The van der Waals surface area contributed by atoms with E-state index in [-0.39, 0.29) is 12.1 Å². The third kappa shape index (κ3) is 3.10. The largest absolute Gasteiger partial charge is 0.493 e. The van der Waals surface area contributed by atoms with Crippen LogP contribution in [0.5, 0.6) is 5.75 Å². The summed E-state index contributed by atoms with van der Waals surface area (Å²) in [5, 5.41) is 0. The zero-order valence-corrected chi connectivity index (χ0v) is 13.1. The maximum Gasteiger partial charge on any atom is 0.125 e. The molecule has 0 saturated carbocycles. The van der Waals surface area contributed by atoms with E-state index in [0.29, 0.717) is 0 Å². The van der Waals surface area contributed by atoms with Crippen molar-refractivity contribution in [3.63, 3.8) is 0 Å². The molecular formula is C14H18BrNO2S. The molecule has 1 fully saturated rings. The van der Waals surface area contributed by atoms with Crippen LogP contribution in [0, 0.1) is 0 Å². The molecule has 0 bridgehead atoms. The van der Waals surface area contributed by atoms with Gasteiger partial charge in [-0.25, -0.2) is 0 Å². The zero-order chi connectivity index (χ0) is 13.2. The smallest absolute Gasteiger partial charge is 0.125 e. The first kappa shape index (κ1) is 13.7. The van der Waals surface area contributed by atoms with Crippen LogP contribution >= 0.6 is 27.7 Å². The molecule has 2 aliphatic rings. The summed E-state index contributed by atoms with van der Waals surface area (Å²) in [5.74, 6) is 3.12. The zero-order valence-electron chi connectivity index (χ0n) is 10.7. The fourth-order valence-electron chi connectivity index (χ4n) is 2.64. The maximum atomic E-state index is 6.32. The van der Waals surface area contributed by atoms with Gasteiger partial charge in [0.05, 0.1) is 19.3 Å². The van der Waals surface area contributed by atoms with Crippen LogP contribution in [-0.4, -0.2) is 36.9 Å². The second-order valence-corrected chi connectivity index (χ2v) is 7.07. The molecule has 0 aromatic heterocycles. The van der Waals surface area contributed by atoms with E-state index < -0.39 is 0 Å². The number of hydrogen-bond donors (Lipinski definition) is 1. The van der Waals surface area contributed by atoms with Crippen LogP contribution in [0.15, 0.2) is 16.6 Å². The van der Waals surface area contributed by atoms with Gasteiger partial charge in [0.1, 0.15) is 5.75 Å². The predicted octanol–water partition coefficient (Wildman–Crippen LogP) is 2.39. The molecule has 2 atom stereocenters. The van der Waals surface area contributed by atoms with Crippen molar-refractivity contribution in [2.45, 2.75) is 25.0 Å². The molecule has 2 N–H and O–H groups in total. The van der Waals surface area contributed by atoms with Crippen LogP contribution < -0.4 is 10.5 Å². The van der Waals surface area contributed by atoms with Crippen molar-refractivity contribution in [2.24, 2.45) is 5.73 Å². The molecule has 3 nitrogen and oxygen atoms in total. The van der Waals surface area contributed by atoms with Gasteiger partial charge in [-0.1, -0.05) is 15.9 Å². The fourth-order valence-corrected chi connectivity index (χ4v) is 4.15. The van der Waals surface area contributed by atoms with E-state index in [4.69, 9.17) is 15.2 Å². The molecule has 2 aliphatic heterocycles. The van der Waals surface area contributed by atoms with Gasteiger partial charge in [-0.3, -0.25) is 0 Å². The standard InChI is InChI=1S/C14H18BrNO2S/c15-11-5-9-1-2-18-14(9)10(6-11)7-12(16)13-8-19-4-3-17-13/h5-6,12-13H,1-4,7-8,16H2. The van der Waals surface area contributed by atoms with Gasteiger partial charge in [0.2, 0.25) is 0 Å². The summed E-state index contributed by atoms with van der Waals surface area (Å²) in [5.41, 5.74) is 8.81. The normalized spacial score (nSPS) is 23.8. The molecule has 0 amide bonds. The van der Waals surface area contributed by atoms with Crippen LogP contribution in [0.2, 0.25) is 0 Å². The SMILES string of the molecule is NC(Cc1cc(Br)cc2c1OCC2)C1CSCCO1. The monoisotopic (exact) mass is 343 g/mol. The predicted molar refractivity (Wildman–Crippen MR) is 82.1 cm³/mol. The minimum Gasteiger partial charge on any atom is -0.493 e. The quantitative estimate of drug-likeness (QED) is 0.915. The molecule has 0 aliphatic carbocycles. The third-order valence-corrected chi connectivity index (χ3v) is 5.08. The van der Waals surface area contributed by atoms with Gasteiger partial charge in [-0.05, 0) is 29.7 Å². The molecule has 1 saturated heterocycles. The van der Waals surface area contributed by atoms with Gasteiger partial charge >= 0.3 is 0 Å². The van der Waals surface area contributed by atoms with E-state index in [9.17, 15) is 0 Å². The summed E-state index contributed by atoms with van der Waals surface area (Å²) in [4.78, 5) is 0. The van der Waals surface area contributed by atoms with Gasteiger partial charge in [0.25, 0.3) is 0 Å². The van der Waals surface area contributed by atoms with Crippen molar-refractivity contribution in [2.75, 3.05) is 24.7 Å². The topological polar surface area (TPSA) is 44.5 Å². The van der Waals surface area contributed by atoms with Gasteiger partial charge in [0.15, 0.2) is 0 Å². The van der Waals surface area contributed by atoms with Crippen LogP contribution in [0.1, 0.15) is 11.1 Å². The summed E-state index contributed by atoms with van der Waals surface area (Å²) in [6, 6.07) is 4.31. The van der Waals surface area contributed by atoms with Crippen molar-refractivity contribution in [1.29, 1.82) is 0 Å². The maximum absolute atomic E-state index is 6.32. The minimum atomic E-state index is 0.0374. The second kappa shape index (κ2) is 6.04. The van der Waals surface area contributed by atoms with Crippen molar-refractivity contribution in [1.82, 2.24) is 0 Å². The van der Waals surface area contributed by atoms with Gasteiger partial charge in [-0.2, -0.15) is 11.8 Å². The number of nitrogens with two attached hydrogens (primary N) is 1. The minimum absolute atomic E-state index is 0.0374. The number of fused-ring (bicyclic) bond motifs is 1. The Morgan fingerprint density at radius 3 is 3.11 bits per heavy atom. The number of thioether (sulfide) groups is 1. The molecular weight excluding hydrogens is 326 g/mol. The van der Waals surface area contributed by atoms with E-state index in [1.165, 1.54) is 11.1 Å². The average molecular weight is 344 g/mol. The van der Waals surface area contributed by atoms with Gasteiger partial charge in [-0.15, -0.1) is 0 Å². The first-order chi connectivity index (χ1) is 9.24. The molecule has 104 valence electrons. The second-order valence-electron chi connectivity index (χ2n) is 5.00. The molecule has 1 aromatic rings. The Hall–Kier alpha value is -0.230. The number of rotatable bonds is 3. The van der Waals surface area contributed by atoms with Crippen molar-refractivity contribution in [3.8, 4) is 5.75 Å². The molecule has 19 heavy (non-hydrogen) atoms. The Kier molecular flexibility index (Phi) is 4.37. The summed E-state index contributed by atoms with van der Waals surface area (Å²) in [6.45, 7) is 1.60. The lowest BCUT2D eigenvalue weighted by Gasteiger charge is -2.28. The fraction of sp³-hybridized carbons (Fsp3) is 0.571. The van der Waals surface area contributed by atoms with Crippen LogP contribution in [-0.2, 0) is 17.6 Å². The van der Waals surface area contributed by atoms with E-state index in [1.807, 2.05) is 11.8 Å². The first-order valence-electron chi connectivity index (χ1n) is 6.63. The van der Waals surface area contributed by atoms with Crippen molar-refractivity contribution in [3.05, 3.63) is 27.7 Å². The summed E-state index contributed by atoms with van der Waals surface area (Å²) in [6.07, 6.45) is 1.97. The van der Waals surface area contributed by atoms with Crippen LogP contribution in [0.4, 0.5) is 0 Å². The van der Waals surface area contributed by atoms with Crippen LogP contribution in [0.3, 0.4) is 0 Å². The Labute approximate surface area is 126 Å². The van der Waals surface area contributed by atoms with E-state index in [2.05, 4.69) is 28.1 Å². The number of halogens is 1. The molecule has 3 rings (SSSR count). The third-order valence-electron chi connectivity index (χ3n) is 3.60. The highest BCUT2D eigenvalue weighted by atomic mass is 79.9. The Morgan fingerprint density at radius 2 is 2.32 bits per heavy atom. The lowest BCUT2D eigenvalue weighted by atomic mass is 9.99. The Morgan fingerprint density at radius 1 is 1.42 bits per heavy atom. The number of benzene rings is 1. The summed E-state index contributed by atoms with van der Waals surface area (Å²) < 4.78 is 12.6. The molecule has 1 aromatic carbocycles. The molecule has 2 unspecified atom stereocenters. The first-order valence-corrected chi connectivity index (χ1v) is 8.58. The van der Waals surface area contributed by atoms with E-state index in [1.54, 1.807) is 0 Å². The highest BCUT2D eigenvalue weighted by Gasteiger charge is 2.25. The molecule has 5 heteroatoms.